The van der Waals surface area contributed by atoms with E-state index in [-0.39, 0.29) is 0 Å². The number of anilines is 1. The van der Waals surface area contributed by atoms with E-state index in [4.69, 9.17) is 4.74 Å². The number of ether oxygens (including phenoxy) is 1. The molecule has 0 saturated heterocycles. The van der Waals surface area contributed by atoms with E-state index in [2.05, 4.69) is 17.2 Å². The molecule has 0 aliphatic heterocycles. The van der Waals surface area contributed by atoms with E-state index in [1.54, 1.807) is 13.3 Å². The normalized spacial score (nSPS) is 24.4. The zero-order valence-electron chi connectivity index (χ0n) is 10.8. The Morgan fingerprint density at radius 3 is 3.00 bits per heavy atom. The van der Waals surface area contributed by atoms with Gasteiger partial charge >= 0.3 is 0 Å². The van der Waals surface area contributed by atoms with Gasteiger partial charge < -0.3 is 10.1 Å². The summed E-state index contributed by atoms with van der Waals surface area (Å²) in [4.78, 5) is 4.13. The number of hydrogen-bond donors (Lipinski definition) is 1. The predicted octanol–water partition coefficient (Wildman–Crippen LogP) is 3.47. The fourth-order valence-corrected chi connectivity index (χ4v) is 2.71. The first kappa shape index (κ1) is 12.2. The smallest absolute Gasteiger partial charge is 0.214 e. The Morgan fingerprint density at radius 2 is 2.24 bits per heavy atom. The number of nitrogens with one attached hydrogen (secondary N) is 1. The van der Waals surface area contributed by atoms with Gasteiger partial charge in [0.25, 0.3) is 0 Å². The van der Waals surface area contributed by atoms with Gasteiger partial charge in [0.05, 0.1) is 7.11 Å². The molecule has 0 bridgehead atoms. The molecule has 1 N–H and O–H groups in total. The average Bonchev–Trinajstić information content (AvgIpc) is 2.39. The van der Waals surface area contributed by atoms with Gasteiger partial charge in [-0.1, -0.05) is 26.2 Å². The lowest BCUT2D eigenvalue weighted by Gasteiger charge is -2.32. The van der Waals surface area contributed by atoms with Gasteiger partial charge in [0.15, 0.2) is 0 Å². The Morgan fingerprint density at radius 1 is 1.41 bits per heavy atom. The van der Waals surface area contributed by atoms with Crippen LogP contribution in [0.5, 0.6) is 5.88 Å². The third-order valence-electron chi connectivity index (χ3n) is 3.73. The van der Waals surface area contributed by atoms with E-state index in [1.165, 1.54) is 32.1 Å². The maximum atomic E-state index is 5.15. The van der Waals surface area contributed by atoms with Crippen molar-refractivity contribution < 1.29 is 4.74 Å². The number of nitrogens with zero attached hydrogens (tertiary/aromatic N) is 1. The summed E-state index contributed by atoms with van der Waals surface area (Å²) in [5.41, 5.74) is 1.13. The molecule has 17 heavy (non-hydrogen) atoms. The van der Waals surface area contributed by atoms with Crippen LogP contribution < -0.4 is 10.1 Å². The molecule has 2 atom stereocenters. The van der Waals surface area contributed by atoms with Crippen molar-refractivity contribution in [2.45, 2.75) is 45.1 Å². The second kappa shape index (κ2) is 5.89. The minimum absolute atomic E-state index is 0.612. The van der Waals surface area contributed by atoms with Crippen molar-refractivity contribution in [1.82, 2.24) is 4.98 Å². The van der Waals surface area contributed by atoms with Crippen LogP contribution >= 0.6 is 0 Å². The molecular formula is C14H22N2O. The van der Waals surface area contributed by atoms with Crippen LogP contribution in [0.1, 0.15) is 39.0 Å². The Hall–Kier alpha value is -1.25. The zero-order valence-corrected chi connectivity index (χ0v) is 10.8. The van der Waals surface area contributed by atoms with Crippen LogP contribution in [-0.2, 0) is 0 Å². The van der Waals surface area contributed by atoms with E-state index in [0.29, 0.717) is 11.9 Å². The van der Waals surface area contributed by atoms with Crippen molar-refractivity contribution in [3.63, 3.8) is 0 Å². The molecule has 2 rings (SSSR count). The minimum Gasteiger partial charge on any atom is -0.481 e. The maximum Gasteiger partial charge on any atom is 0.214 e. The standard InChI is InChI=1S/C14H22N2O/c1-3-11-6-4-5-7-13(11)16-12-8-9-15-14(10-12)17-2/h8-11,13H,3-7H2,1-2H3,(H,15,16). The first-order chi connectivity index (χ1) is 8.33. The molecule has 1 aromatic rings. The van der Waals surface area contributed by atoms with Crippen molar-refractivity contribution >= 4 is 5.69 Å². The topological polar surface area (TPSA) is 34.2 Å². The van der Waals surface area contributed by atoms with E-state index in [0.717, 1.165) is 11.6 Å². The number of aromatic nitrogens is 1. The molecule has 0 aromatic carbocycles. The molecular weight excluding hydrogens is 212 g/mol. The SMILES string of the molecule is CCC1CCCCC1Nc1ccnc(OC)c1. The lowest BCUT2D eigenvalue weighted by atomic mass is 9.83. The summed E-state index contributed by atoms with van der Waals surface area (Å²) in [7, 11) is 1.65. The van der Waals surface area contributed by atoms with Crippen molar-refractivity contribution in [2.75, 3.05) is 12.4 Å². The highest BCUT2D eigenvalue weighted by molar-refractivity contribution is 5.46. The van der Waals surface area contributed by atoms with Gasteiger partial charge in [-0.25, -0.2) is 4.98 Å². The first-order valence-electron chi connectivity index (χ1n) is 6.60. The van der Waals surface area contributed by atoms with E-state index < -0.39 is 0 Å². The van der Waals surface area contributed by atoms with Gasteiger partial charge in [-0.15, -0.1) is 0 Å². The monoisotopic (exact) mass is 234 g/mol. The molecule has 3 heteroatoms. The quantitative estimate of drug-likeness (QED) is 0.866. The number of pyridine rings is 1. The fourth-order valence-electron chi connectivity index (χ4n) is 2.71. The molecule has 3 nitrogen and oxygen atoms in total. The van der Waals surface area contributed by atoms with Gasteiger partial charge in [0.2, 0.25) is 5.88 Å². The summed E-state index contributed by atoms with van der Waals surface area (Å²) < 4.78 is 5.15. The van der Waals surface area contributed by atoms with E-state index in [1.807, 2.05) is 12.1 Å². The highest BCUT2D eigenvalue weighted by Crippen LogP contribution is 2.29. The highest BCUT2D eigenvalue weighted by Gasteiger charge is 2.23. The third kappa shape index (κ3) is 3.11. The second-order valence-electron chi connectivity index (χ2n) is 4.79. The third-order valence-corrected chi connectivity index (χ3v) is 3.73. The van der Waals surface area contributed by atoms with Crippen LogP contribution in [0.3, 0.4) is 0 Å². The zero-order chi connectivity index (χ0) is 12.1. The van der Waals surface area contributed by atoms with Crippen LogP contribution in [-0.4, -0.2) is 18.1 Å². The Balaban J connectivity index is 2.02. The molecule has 0 radical (unpaired) electrons. The highest BCUT2D eigenvalue weighted by atomic mass is 16.5. The molecule has 1 aliphatic carbocycles. The van der Waals surface area contributed by atoms with E-state index >= 15 is 0 Å². The number of rotatable bonds is 4. The molecule has 1 fully saturated rings. The van der Waals surface area contributed by atoms with Gasteiger partial charge in [-0.05, 0) is 24.8 Å². The number of methoxy groups -OCH3 is 1. The van der Waals surface area contributed by atoms with Crippen molar-refractivity contribution in [3.8, 4) is 5.88 Å². The molecule has 1 heterocycles. The fraction of sp³-hybridized carbons (Fsp3) is 0.643. The summed E-state index contributed by atoms with van der Waals surface area (Å²) >= 11 is 0. The molecule has 1 saturated carbocycles. The molecule has 1 aromatic heterocycles. The summed E-state index contributed by atoms with van der Waals surface area (Å²) in [6, 6.07) is 4.60. The van der Waals surface area contributed by atoms with Crippen LogP contribution in [0.15, 0.2) is 18.3 Å². The van der Waals surface area contributed by atoms with Crippen LogP contribution in [0, 0.1) is 5.92 Å². The molecule has 94 valence electrons. The van der Waals surface area contributed by atoms with Gasteiger partial charge in [0.1, 0.15) is 0 Å². The largest absolute Gasteiger partial charge is 0.481 e. The van der Waals surface area contributed by atoms with E-state index in [9.17, 15) is 0 Å². The van der Waals surface area contributed by atoms with Crippen LogP contribution in [0.4, 0.5) is 5.69 Å². The Bertz CT molecular complexity index is 354. The summed E-state index contributed by atoms with van der Waals surface area (Å²) in [6.07, 6.45) is 8.43. The van der Waals surface area contributed by atoms with Crippen LogP contribution in [0.2, 0.25) is 0 Å². The molecule has 0 amide bonds. The van der Waals surface area contributed by atoms with Crippen molar-refractivity contribution in [2.24, 2.45) is 5.92 Å². The molecule has 1 aliphatic rings. The summed E-state index contributed by atoms with van der Waals surface area (Å²) in [5, 5.41) is 3.64. The lowest BCUT2D eigenvalue weighted by molar-refractivity contribution is 0.317. The first-order valence-corrected chi connectivity index (χ1v) is 6.60. The number of hydrogen-bond acceptors (Lipinski definition) is 3. The second-order valence-corrected chi connectivity index (χ2v) is 4.79. The average molecular weight is 234 g/mol. The Kier molecular flexibility index (Phi) is 4.24. The van der Waals surface area contributed by atoms with Gasteiger partial charge in [0, 0.05) is 24.0 Å². The maximum absolute atomic E-state index is 5.15. The predicted molar refractivity (Wildman–Crippen MR) is 70.4 cm³/mol. The van der Waals surface area contributed by atoms with Gasteiger partial charge in [-0.2, -0.15) is 0 Å². The van der Waals surface area contributed by atoms with Gasteiger partial charge in [-0.3, -0.25) is 0 Å². The lowest BCUT2D eigenvalue weighted by Crippen LogP contribution is -2.31. The van der Waals surface area contributed by atoms with Crippen molar-refractivity contribution in [3.05, 3.63) is 18.3 Å². The summed E-state index contributed by atoms with van der Waals surface area (Å²) in [5.74, 6) is 1.49. The molecule has 2 unspecified atom stereocenters. The molecule has 0 spiro atoms. The Labute approximate surface area is 104 Å². The van der Waals surface area contributed by atoms with Crippen molar-refractivity contribution in [1.29, 1.82) is 0 Å². The summed E-state index contributed by atoms with van der Waals surface area (Å²) in [6.45, 7) is 2.29. The van der Waals surface area contributed by atoms with Crippen LogP contribution in [0.25, 0.3) is 0 Å². The minimum atomic E-state index is 0.612.